The highest BCUT2D eigenvalue weighted by atomic mass is 16.1. The second kappa shape index (κ2) is 6.53. The van der Waals surface area contributed by atoms with E-state index in [1.165, 1.54) is 0 Å². The van der Waals surface area contributed by atoms with E-state index < -0.39 is 5.91 Å². The second-order valence-electron chi connectivity index (χ2n) is 4.85. The fourth-order valence-corrected chi connectivity index (χ4v) is 1.98. The molecule has 0 aromatic heterocycles. The van der Waals surface area contributed by atoms with Gasteiger partial charge in [0.15, 0.2) is 0 Å². The van der Waals surface area contributed by atoms with Gasteiger partial charge < -0.3 is 5.32 Å². The highest BCUT2D eigenvalue weighted by Gasteiger charge is 2.10. The third-order valence-corrected chi connectivity index (χ3v) is 3.11. The van der Waals surface area contributed by atoms with Gasteiger partial charge in [0.25, 0.3) is 5.91 Å². The molecule has 0 radical (unpaired) electrons. The smallest absolute Gasteiger partial charge is 0.266 e. The van der Waals surface area contributed by atoms with Gasteiger partial charge >= 0.3 is 0 Å². The number of carbonyl (C=O) groups is 1. The van der Waals surface area contributed by atoms with E-state index >= 15 is 0 Å². The summed E-state index contributed by atoms with van der Waals surface area (Å²) in [5.74, 6) is -0.395. The number of rotatable bonds is 3. The number of amides is 1. The minimum Gasteiger partial charge on any atom is -0.321 e. The van der Waals surface area contributed by atoms with Crippen molar-refractivity contribution in [2.75, 3.05) is 5.32 Å². The number of nitrogens with one attached hydrogen (secondary N) is 1. The largest absolute Gasteiger partial charge is 0.321 e. The van der Waals surface area contributed by atoms with Gasteiger partial charge in [0, 0.05) is 5.69 Å². The summed E-state index contributed by atoms with van der Waals surface area (Å²) in [6.07, 6.45) is 1.60. The lowest BCUT2D eigenvalue weighted by atomic mass is 10.1. The summed E-state index contributed by atoms with van der Waals surface area (Å²) >= 11 is 0. The van der Waals surface area contributed by atoms with Gasteiger partial charge in [0.1, 0.15) is 11.6 Å². The van der Waals surface area contributed by atoms with E-state index in [1.807, 2.05) is 68.4 Å². The quantitative estimate of drug-likeness (QED) is 0.684. The Hall–Kier alpha value is -2.86. The van der Waals surface area contributed by atoms with Crippen molar-refractivity contribution in [3.8, 4) is 6.07 Å². The average molecular weight is 276 g/mol. The topological polar surface area (TPSA) is 52.9 Å². The molecule has 0 aliphatic rings. The summed E-state index contributed by atoms with van der Waals surface area (Å²) in [6.45, 7) is 3.88. The van der Waals surface area contributed by atoms with Gasteiger partial charge in [-0.25, -0.2) is 0 Å². The molecule has 0 bridgehead atoms. The zero-order chi connectivity index (χ0) is 15.2. The van der Waals surface area contributed by atoms with Crippen LogP contribution in [0.3, 0.4) is 0 Å². The molecule has 2 aromatic carbocycles. The van der Waals surface area contributed by atoms with E-state index in [4.69, 9.17) is 0 Å². The van der Waals surface area contributed by atoms with Gasteiger partial charge in [-0.3, -0.25) is 4.79 Å². The van der Waals surface area contributed by atoms with Gasteiger partial charge in [-0.15, -0.1) is 0 Å². The number of nitrogens with zero attached hydrogens (tertiary/aromatic N) is 1. The molecule has 3 heteroatoms. The molecule has 0 atom stereocenters. The Balaban J connectivity index is 2.24. The van der Waals surface area contributed by atoms with Crippen LogP contribution >= 0.6 is 0 Å². The number of hydrogen-bond acceptors (Lipinski definition) is 2. The number of para-hydroxylation sites is 1. The summed E-state index contributed by atoms with van der Waals surface area (Å²) in [7, 11) is 0. The van der Waals surface area contributed by atoms with E-state index in [2.05, 4.69) is 5.32 Å². The molecule has 3 nitrogen and oxygen atoms in total. The summed E-state index contributed by atoms with van der Waals surface area (Å²) in [4.78, 5) is 12.2. The lowest BCUT2D eigenvalue weighted by Gasteiger charge is -2.07. The summed E-state index contributed by atoms with van der Waals surface area (Å²) in [6, 6.07) is 17.1. The van der Waals surface area contributed by atoms with Gasteiger partial charge in [-0.2, -0.15) is 5.26 Å². The molecular weight excluding hydrogens is 260 g/mol. The predicted octanol–water partition coefficient (Wildman–Crippen LogP) is 3.85. The minimum atomic E-state index is -0.395. The Bertz CT molecular complexity index is 739. The first-order valence-electron chi connectivity index (χ1n) is 6.65. The van der Waals surface area contributed by atoms with E-state index in [-0.39, 0.29) is 5.57 Å². The Morgan fingerprint density at radius 1 is 1.14 bits per heavy atom. The third-order valence-electron chi connectivity index (χ3n) is 3.11. The number of anilines is 1. The zero-order valence-corrected chi connectivity index (χ0v) is 12.1. The molecule has 0 saturated carbocycles. The number of nitriles is 1. The molecule has 2 aromatic rings. The third kappa shape index (κ3) is 3.80. The second-order valence-corrected chi connectivity index (χ2v) is 4.85. The summed E-state index contributed by atoms with van der Waals surface area (Å²) < 4.78 is 0. The number of carbonyl (C=O) groups excluding carboxylic acids is 1. The van der Waals surface area contributed by atoms with Crippen LogP contribution in [0.1, 0.15) is 16.7 Å². The molecule has 2 rings (SSSR count). The van der Waals surface area contributed by atoms with Gasteiger partial charge in [-0.05, 0) is 37.1 Å². The van der Waals surface area contributed by atoms with Crippen molar-refractivity contribution in [2.45, 2.75) is 13.8 Å². The van der Waals surface area contributed by atoms with E-state index in [1.54, 1.807) is 6.08 Å². The van der Waals surface area contributed by atoms with Crippen molar-refractivity contribution in [3.05, 3.63) is 70.8 Å². The molecule has 21 heavy (non-hydrogen) atoms. The Kier molecular flexibility index (Phi) is 4.53. The highest BCUT2D eigenvalue weighted by molar-refractivity contribution is 6.09. The molecule has 0 unspecified atom stereocenters. The van der Waals surface area contributed by atoms with Crippen molar-refractivity contribution in [1.29, 1.82) is 5.26 Å². The first-order valence-corrected chi connectivity index (χ1v) is 6.65. The van der Waals surface area contributed by atoms with Crippen LogP contribution in [0.4, 0.5) is 5.69 Å². The maximum atomic E-state index is 12.2. The van der Waals surface area contributed by atoms with Gasteiger partial charge in [-0.1, -0.05) is 48.0 Å². The Labute approximate surface area is 124 Å². The molecule has 0 spiro atoms. The van der Waals surface area contributed by atoms with Crippen molar-refractivity contribution in [2.24, 2.45) is 0 Å². The summed E-state index contributed by atoms with van der Waals surface area (Å²) in [5, 5.41) is 12.0. The Morgan fingerprint density at radius 2 is 1.90 bits per heavy atom. The van der Waals surface area contributed by atoms with Crippen molar-refractivity contribution in [1.82, 2.24) is 0 Å². The number of benzene rings is 2. The van der Waals surface area contributed by atoms with Crippen molar-refractivity contribution >= 4 is 17.7 Å². The average Bonchev–Trinajstić information content (AvgIpc) is 2.47. The number of hydrogen-bond donors (Lipinski definition) is 1. The molecular formula is C18H16N2O. The first-order chi connectivity index (χ1) is 10.1. The fraction of sp³-hybridized carbons (Fsp3) is 0.111. The van der Waals surface area contributed by atoms with E-state index in [9.17, 15) is 10.1 Å². The van der Waals surface area contributed by atoms with Gasteiger partial charge in [0.2, 0.25) is 0 Å². The van der Waals surface area contributed by atoms with Crippen LogP contribution in [0, 0.1) is 25.2 Å². The Morgan fingerprint density at radius 3 is 2.57 bits per heavy atom. The monoisotopic (exact) mass is 276 g/mol. The van der Waals surface area contributed by atoms with Crippen LogP contribution in [-0.2, 0) is 4.79 Å². The molecule has 104 valence electrons. The van der Waals surface area contributed by atoms with Crippen LogP contribution in [0.5, 0.6) is 0 Å². The van der Waals surface area contributed by atoms with Crippen LogP contribution in [-0.4, -0.2) is 5.91 Å². The SMILES string of the molecule is Cc1cccc(C=C(C#N)C(=O)Nc2ccccc2C)c1. The highest BCUT2D eigenvalue weighted by Crippen LogP contribution is 2.15. The molecule has 0 saturated heterocycles. The van der Waals surface area contributed by atoms with Crippen LogP contribution < -0.4 is 5.32 Å². The normalized spacial score (nSPS) is 10.8. The minimum absolute atomic E-state index is 0.0869. The molecule has 1 N–H and O–H groups in total. The molecule has 0 aliphatic heterocycles. The van der Waals surface area contributed by atoms with Crippen LogP contribution in [0.15, 0.2) is 54.1 Å². The fourth-order valence-electron chi connectivity index (χ4n) is 1.98. The van der Waals surface area contributed by atoms with Crippen molar-refractivity contribution in [3.63, 3.8) is 0 Å². The molecule has 1 amide bonds. The lowest BCUT2D eigenvalue weighted by molar-refractivity contribution is -0.112. The van der Waals surface area contributed by atoms with E-state index in [0.29, 0.717) is 5.69 Å². The lowest BCUT2D eigenvalue weighted by Crippen LogP contribution is -2.14. The zero-order valence-electron chi connectivity index (χ0n) is 12.1. The molecule has 0 aliphatic carbocycles. The summed E-state index contributed by atoms with van der Waals surface area (Å²) in [5.41, 5.74) is 3.68. The van der Waals surface area contributed by atoms with Crippen LogP contribution in [0.2, 0.25) is 0 Å². The first kappa shape index (κ1) is 14.5. The maximum Gasteiger partial charge on any atom is 0.266 e. The standard InChI is InChI=1S/C18H16N2O/c1-13-6-5-8-15(10-13)11-16(12-19)18(21)20-17-9-4-3-7-14(17)2/h3-11H,1-2H3,(H,20,21). The molecule has 0 heterocycles. The molecule has 0 fully saturated rings. The van der Waals surface area contributed by atoms with Gasteiger partial charge in [0.05, 0.1) is 0 Å². The predicted molar refractivity (Wildman–Crippen MR) is 84.6 cm³/mol. The van der Waals surface area contributed by atoms with Crippen LogP contribution in [0.25, 0.3) is 6.08 Å². The van der Waals surface area contributed by atoms with E-state index in [0.717, 1.165) is 16.7 Å². The van der Waals surface area contributed by atoms with Crippen molar-refractivity contribution < 1.29 is 4.79 Å². The maximum absolute atomic E-state index is 12.2. The number of aryl methyl sites for hydroxylation is 2.